The molecule has 1 saturated carbocycles. The number of carbonyl (C=O) groups excluding carboxylic acids is 2. The fourth-order valence-electron chi connectivity index (χ4n) is 4.15. The van der Waals surface area contributed by atoms with E-state index in [9.17, 15) is 9.59 Å². The van der Waals surface area contributed by atoms with E-state index < -0.39 is 0 Å². The summed E-state index contributed by atoms with van der Waals surface area (Å²) in [5.74, 6) is 0.456. The Morgan fingerprint density at radius 3 is 2.59 bits per heavy atom. The van der Waals surface area contributed by atoms with Gasteiger partial charge in [0.05, 0.1) is 12.2 Å². The molecule has 1 fully saturated rings. The van der Waals surface area contributed by atoms with Crippen LogP contribution in [0.5, 0.6) is 0 Å². The highest BCUT2D eigenvalue weighted by atomic mass is 16.3. The fourth-order valence-corrected chi connectivity index (χ4v) is 4.15. The largest absolute Gasteiger partial charge is 0.459 e. The zero-order chi connectivity index (χ0) is 19.8. The molecule has 5 heteroatoms. The number of fused-ring (bicyclic) bond motifs is 1. The lowest BCUT2D eigenvalue weighted by molar-refractivity contribution is -0.118. The monoisotopic (exact) mass is 386 g/mol. The maximum Gasteiger partial charge on any atom is 0.293 e. The molecule has 0 saturated heterocycles. The van der Waals surface area contributed by atoms with Crippen molar-refractivity contribution in [3.63, 3.8) is 0 Å². The number of rotatable bonds is 5. The van der Waals surface area contributed by atoms with E-state index in [1.165, 1.54) is 6.26 Å². The van der Waals surface area contributed by atoms with Crippen molar-refractivity contribution in [3.8, 4) is 0 Å². The van der Waals surface area contributed by atoms with E-state index in [2.05, 4.69) is 5.32 Å². The van der Waals surface area contributed by atoms with Gasteiger partial charge in [0.2, 0.25) is 5.91 Å². The Bertz CT molecular complexity index is 1040. The summed E-state index contributed by atoms with van der Waals surface area (Å²) in [6.07, 6.45) is 4.47. The highest BCUT2D eigenvalue weighted by Crippen LogP contribution is 2.43. The van der Waals surface area contributed by atoms with Gasteiger partial charge in [-0.3, -0.25) is 9.59 Å². The van der Waals surface area contributed by atoms with Gasteiger partial charge in [-0.05, 0) is 60.6 Å². The van der Waals surface area contributed by atoms with Crippen LogP contribution in [-0.4, -0.2) is 18.4 Å². The minimum Gasteiger partial charge on any atom is -0.459 e. The zero-order valence-corrected chi connectivity index (χ0v) is 16.0. The molecule has 1 aliphatic carbocycles. The van der Waals surface area contributed by atoms with Crippen molar-refractivity contribution in [2.75, 3.05) is 16.8 Å². The number of nitrogens with zero attached hydrogens (tertiary/aromatic N) is 1. The average Bonchev–Trinajstić information content (AvgIpc) is 3.25. The molecule has 1 aromatic heterocycles. The summed E-state index contributed by atoms with van der Waals surface area (Å²) < 4.78 is 5.27. The lowest BCUT2D eigenvalue weighted by Gasteiger charge is -2.19. The van der Waals surface area contributed by atoms with Crippen molar-refractivity contribution < 1.29 is 14.0 Å². The molecule has 5 nitrogen and oxygen atoms in total. The van der Waals surface area contributed by atoms with E-state index in [0.717, 1.165) is 41.8 Å². The van der Waals surface area contributed by atoms with Crippen LogP contribution in [0.25, 0.3) is 0 Å². The first-order chi connectivity index (χ1) is 14.2. The summed E-state index contributed by atoms with van der Waals surface area (Å²) >= 11 is 0. The van der Waals surface area contributed by atoms with Crippen LogP contribution in [0.4, 0.5) is 11.4 Å². The van der Waals surface area contributed by atoms with E-state index in [1.54, 1.807) is 17.0 Å². The lowest BCUT2D eigenvalue weighted by atomic mass is 9.93. The van der Waals surface area contributed by atoms with Crippen molar-refractivity contribution >= 4 is 23.2 Å². The summed E-state index contributed by atoms with van der Waals surface area (Å²) in [5, 5.41) is 3.09. The number of anilines is 2. The molecule has 5 rings (SSSR count). The van der Waals surface area contributed by atoms with Crippen molar-refractivity contribution in [2.45, 2.75) is 25.2 Å². The summed E-state index contributed by atoms with van der Waals surface area (Å²) in [6.45, 7) is 0.612. The van der Waals surface area contributed by atoms with E-state index in [-0.39, 0.29) is 17.7 Å². The standard InChI is InChI=1S/C24H22N2O3/c27-23(22(18-8-9-18)17-5-2-1-3-6-17)25-19-11-10-16-12-13-26(20(16)15-19)24(28)21-7-4-14-29-21/h1-7,10-11,14-15,18,22H,8-9,12-13H2,(H,25,27). The van der Waals surface area contributed by atoms with Gasteiger partial charge in [0.1, 0.15) is 0 Å². The van der Waals surface area contributed by atoms with Crippen LogP contribution < -0.4 is 10.2 Å². The molecule has 1 unspecified atom stereocenters. The smallest absolute Gasteiger partial charge is 0.293 e. The summed E-state index contributed by atoms with van der Waals surface area (Å²) in [7, 11) is 0. The maximum absolute atomic E-state index is 13.1. The fraction of sp³-hybridized carbons (Fsp3) is 0.250. The Balaban J connectivity index is 1.38. The number of hydrogen-bond donors (Lipinski definition) is 1. The van der Waals surface area contributed by atoms with Gasteiger partial charge in [0, 0.05) is 17.9 Å². The van der Waals surface area contributed by atoms with Gasteiger partial charge in [-0.15, -0.1) is 0 Å². The number of nitrogens with one attached hydrogen (secondary N) is 1. The zero-order valence-electron chi connectivity index (χ0n) is 16.0. The van der Waals surface area contributed by atoms with Crippen LogP contribution in [0.3, 0.4) is 0 Å². The molecule has 2 aliphatic rings. The molecule has 0 bridgehead atoms. The SMILES string of the molecule is O=C(Nc1ccc2c(c1)N(C(=O)c1ccco1)CC2)C(c1ccccc1)C1CC1. The second-order valence-corrected chi connectivity index (χ2v) is 7.74. The number of benzene rings is 2. The molecule has 0 spiro atoms. The second-order valence-electron chi connectivity index (χ2n) is 7.74. The van der Waals surface area contributed by atoms with Gasteiger partial charge >= 0.3 is 0 Å². The van der Waals surface area contributed by atoms with Crippen molar-refractivity contribution in [1.29, 1.82) is 0 Å². The molecule has 146 valence electrons. The number of amides is 2. The van der Waals surface area contributed by atoms with Crippen LogP contribution >= 0.6 is 0 Å². The van der Waals surface area contributed by atoms with Crippen LogP contribution in [0.1, 0.15) is 40.4 Å². The third-order valence-corrected chi connectivity index (χ3v) is 5.76. The third kappa shape index (κ3) is 3.44. The minimum absolute atomic E-state index is 0.0144. The number of hydrogen-bond acceptors (Lipinski definition) is 3. The highest BCUT2D eigenvalue weighted by molar-refractivity contribution is 6.06. The van der Waals surface area contributed by atoms with E-state index >= 15 is 0 Å². The summed E-state index contributed by atoms with van der Waals surface area (Å²) in [4.78, 5) is 27.6. The quantitative estimate of drug-likeness (QED) is 0.696. The van der Waals surface area contributed by atoms with Crippen molar-refractivity contribution in [1.82, 2.24) is 0 Å². The van der Waals surface area contributed by atoms with Gasteiger partial charge < -0.3 is 14.6 Å². The van der Waals surface area contributed by atoms with Crippen LogP contribution in [-0.2, 0) is 11.2 Å². The van der Waals surface area contributed by atoms with E-state index in [0.29, 0.717) is 18.2 Å². The molecule has 2 heterocycles. The molecule has 1 atom stereocenters. The van der Waals surface area contributed by atoms with Gasteiger partial charge in [0.25, 0.3) is 5.91 Å². The van der Waals surface area contributed by atoms with Gasteiger partial charge in [-0.25, -0.2) is 0 Å². The molecule has 1 N–H and O–H groups in total. The van der Waals surface area contributed by atoms with Crippen LogP contribution in [0, 0.1) is 5.92 Å². The first-order valence-corrected chi connectivity index (χ1v) is 10.0. The van der Waals surface area contributed by atoms with E-state index in [1.807, 2.05) is 48.5 Å². The molecular formula is C24H22N2O3. The summed E-state index contributed by atoms with van der Waals surface area (Å²) in [6, 6.07) is 19.2. The molecule has 29 heavy (non-hydrogen) atoms. The Labute approximate surface area is 169 Å². The molecule has 2 amide bonds. The van der Waals surface area contributed by atoms with Crippen LogP contribution in [0.15, 0.2) is 71.3 Å². The van der Waals surface area contributed by atoms with Gasteiger partial charge in [-0.1, -0.05) is 36.4 Å². The Hall–Kier alpha value is -3.34. The second kappa shape index (κ2) is 7.24. The van der Waals surface area contributed by atoms with Gasteiger partial charge in [-0.2, -0.15) is 0 Å². The minimum atomic E-state index is -0.155. The van der Waals surface area contributed by atoms with E-state index in [4.69, 9.17) is 4.42 Å². The Kier molecular flexibility index (Phi) is 4.43. The normalized spacial score (nSPS) is 16.3. The predicted octanol–water partition coefficient (Wildman–Crippen LogP) is 4.61. The number of furan rings is 1. The maximum atomic E-state index is 13.1. The number of carbonyl (C=O) groups is 2. The highest BCUT2D eigenvalue weighted by Gasteiger charge is 2.37. The molecule has 3 aromatic rings. The molecule has 1 aliphatic heterocycles. The van der Waals surface area contributed by atoms with Crippen LogP contribution in [0.2, 0.25) is 0 Å². The first-order valence-electron chi connectivity index (χ1n) is 10.0. The van der Waals surface area contributed by atoms with Crippen molar-refractivity contribution in [3.05, 3.63) is 83.8 Å². The Morgan fingerprint density at radius 1 is 1.03 bits per heavy atom. The molecule has 2 aromatic carbocycles. The third-order valence-electron chi connectivity index (χ3n) is 5.76. The molecular weight excluding hydrogens is 364 g/mol. The summed E-state index contributed by atoms with van der Waals surface area (Å²) in [5.41, 5.74) is 3.72. The average molecular weight is 386 g/mol. The Morgan fingerprint density at radius 2 is 1.86 bits per heavy atom. The predicted molar refractivity (Wildman–Crippen MR) is 111 cm³/mol. The molecule has 0 radical (unpaired) electrons. The lowest BCUT2D eigenvalue weighted by Crippen LogP contribution is -2.28. The van der Waals surface area contributed by atoms with Crippen molar-refractivity contribution in [2.24, 2.45) is 5.92 Å². The van der Waals surface area contributed by atoms with Gasteiger partial charge in [0.15, 0.2) is 5.76 Å². The topological polar surface area (TPSA) is 62.6 Å². The first kappa shape index (κ1) is 17.7.